The van der Waals surface area contributed by atoms with Crippen LogP contribution < -0.4 is 5.32 Å². The van der Waals surface area contributed by atoms with Gasteiger partial charge in [0.05, 0.1) is 23.4 Å². The molecular formula is C24H20BrN3O. The van der Waals surface area contributed by atoms with Crippen LogP contribution in [0, 0.1) is 11.3 Å². The van der Waals surface area contributed by atoms with Gasteiger partial charge in [0.2, 0.25) is 5.91 Å². The zero-order valence-corrected chi connectivity index (χ0v) is 17.5. The third-order valence-corrected chi connectivity index (χ3v) is 5.73. The SMILES string of the molecule is N#Cc1c(CC(=O)Nc2ccc(Br)cc2)nc(-c2ccccc2)c2c1CCCC2. The number of amides is 1. The maximum Gasteiger partial charge on any atom is 0.230 e. The van der Waals surface area contributed by atoms with Gasteiger partial charge in [-0.15, -0.1) is 0 Å². The van der Waals surface area contributed by atoms with Gasteiger partial charge in [0, 0.05) is 15.7 Å². The maximum absolute atomic E-state index is 12.7. The smallest absolute Gasteiger partial charge is 0.230 e. The van der Waals surface area contributed by atoms with E-state index in [0.29, 0.717) is 11.3 Å². The second kappa shape index (κ2) is 8.59. The van der Waals surface area contributed by atoms with Crippen molar-refractivity contribution in [1.29, 1.82) is 5.26 Å². The van der Waals surface area contributed by atoms with Crippen LogP contribution in [0.5, 0.6) is 0 Å². The highest BCUT2D eigenvalue weighted by Crippen LogP contribution is 2.33. The topological polar surface area (TPSA) is 65.8 Å². The second-order valence-corrected chi connectivity index (χ2v) is 8.07. The molecule has 1 aromatic heterocycles. The Bertz CT molecular complexity index is 1090. The standard InChI is InChI=1S/C24H20BrN3O/c25-17-10-12-18(13-11-17)27-23(29)14-22-21(15-26)19-8-4-5-9-20(19)24(28-22)16-6-2-1-3-7-16/h1-3,6-7,10-13H,4-5,8-9,14H2,(H,27,29). The molecule has 0 radical (unpaired) electrons. The Hall–Kier alpha value is -2.97. The molecule has 1 N–H and O–H groups in total. The molecule has 29 heavy (non-hydrogen) atoms. The molecule has 144 valence electrons. The van der Waals surface area contributed by atoms with Crippen LogP contribution in [-0.2, 0) is 24.1 Å². The van der Waals surface area contributed by atoms with Gasteiger partial charge in [0.15, 0.2) is 0 Å². The van der Waals surface area contributed by atoms with Gasteiger partial charge in [0.1, 0.15) is 6.07 Å². The normalized spacial score (nSPS) is 12.7. The number of hydrogen-bond acceptors (Lipinski definition) is 3. The largest absolute Gasteiger partial charge is 0.326 e. The van der Waals surface area contributed by atoms with Crippen LogP contribution in [0.2, 0.25) is 0 Å². The number of carbonyl (C=O) groups is 1. The monoisotopic (exact) mass is 445 g/mol. The number of hydrogen-bond donors (Lipinski definition) is 1. The van der Waals surface area contributed by atoms with Gasteiger partial charge < -0.3 is 5.32 Å². The van der Waals surface area contributed by atoms with Crippen LogP contribution in [0.3, 0.4) is 0 Å². The first-order chi connectivity index (χ1) is 14.2. The minimum Gasteiger partial charge on any atom is -0.326 e. The number of nitriles is 1. The lowest BCUT2D eigenvalue weighted by molar-refractivity contribution is -0.115. The van der Waals surface area contributed by atoms with Crippen molar-refractivity contribution in [3.05, 3.63) is 81.5 Å². The first-order valence-electron chi connectivity index (χ1n) is 9.71. The highest BCUT2D eigenvalue weighted by molar-refractivity contribution is 9.10. The number of pyridine rings is 1. The van der Waals surface area contributed by atoms with E-state index in [9.17, 15) is 10.1 Å². The van der Waals surface area contributed by atoms with E-state index < -0.39 is 0 Å². The summed E-state index contributed by atoms with van der Waals surface area (Å²) in [5, 5.41) is 12.7. The van der Waals surface area contributed by atoms with E-state index in [1.807, 2.05) is 54.6 Å². The predicted molar refractivity (Wildman–Crippen MR) is 118 cm³/mol. The fraction of sp³-hybridized carbons (Fsp3) is 0.208. The summed E-state index contributed by atoms with van der Waals surface area (Å²) >= 11 is 3.39. The summed E-state index contributed by atoms with van der Waals surface area (Å²) in [6.07, 6.45) is 4.02. The lowest BCUT2D eigenvalue weighted by Gasteiger charge is -2.22. The summed E-state index contributed by atoms with van der Waals surface area (Å²) < 4.78 is 0.950. The number of benzene rings is 2. The minimum absolute atomic E-state index is 0.0755. The molecule has 0 bridgehead atoms. The van der Waals surface area contributed by atoms with E-state index in [1.165, 1.54) is 0 Å². The Balaban J connectivity index is 1.71. The lowest BCUT2D eigenvalue weighted by atomic mass is 9.85. The van der Waals surface area contributed by atoms with Crippen LogP contribution in [0.4, 0.5) is 5.69 Å². The molecule has 1 heterocycles. The number of nitrogens with one attached hydrogen (secondary N) is 1. The van der Waals surface area contributed by atoms with Gasteiger partial charge in [-0.25, -0.2) is 0 Å². The number of nitrogens with zero attached hydrogens (tertiary/aromatic N) is 2. The number of halogens is 1. The van der Waals surface area contributed by atoms with Crippen molar-refractivity contribution in [3.8, 4) is 17.3 Å². The molecular weight excluding hydrogens is 426 g/mol. The Kier molecular flexibility index (Phi) is 5.73. The molecule has 0 unspecified atom stereocenters. The molecule has 1 aliphatic carbocycles. The molecule has 0 aliphatic heterocycles. The van der Waals surface area contributed by atoms with Crippen molar-refractivity contribution in [2.45, 2.75) is 32.1 Å². The van der Waals surface area contributed by atoms with Gasteiger partial charge in [-0.2, -0.15) is 5.26 Å². The van der Waals surface area contributed by atoms with E-state index in [1.54, 1.807) is 0 Å². The molecule has 1 amide bonds. The number of fused-ring (bicyclic) bond motifs is 1. The van der Waals surface area contributed by atoms with Crippen LogP contribution in [-0.4, -0.2) is 10.9 Å². The van der Waals surface area contributed by atoms with Gasteiger partial charge in [-0.05, 0) is 61.1 Å². The molecule has 0 saturated carbocycles. The van der Waals surface area contributed by atoms with Crippen LogP contribution in [0.1, 0.15) is 35.2 Å². The summed E-state index contributed by atoms with van der Waals surface area (Å²) in [6.45, 7) is 0. The Morgan fingerprint density at radius 2 is 1.72 bits per heavy atom. The number of carbonyl (C=O) groups excluding carboxylic acids is 1. The van der Waals surface area contributed by atoms with Crippen molar-refractivity contribution >= 4 is 27.5 Å². The third-order valence-electron chi connectivity index (χ3n) is 5.21. The van der Waals surface area contributed by atoms with E-state index in [2.05, 4.69) is 27.3 Å². The van der Waals surface area contributed by atoms with Crippen LogP contribution >= 0.6 is 15.9 Å². The maximum atomic E-state index is 12.7. The van der Waals surface area contributed by atoms with E-state index >= 15 is 0 Å². The Morgan fingerprint density at radius 1 is 1.03 bits per heavy atom. The first kappa shape index (κ1) is 19.4. The third kappa shape index (κ3) is 4.23. The van der Waals surface area contributed by atoms with Crippen molar-refractivity contribution < 1.29 is 4.79 Å². The summed E-state index contributed by atoms with van der Waals surface area (Å²) in [7, 11) is 0. The zero-order chi connectivity index (χ0) is 20.2. The number of rotatable bonds is 4. The van der Waals surface area contributed by atoms with Gasteiger partial charge >= 0.3 is 0 Å². The Labute approximate surface area is 178 Å². The quantitative estimate of drug-likeness (QED) is 0.580. The van der Waals surface area contributed by atoms with Gasteiger partial charge in [-0.1, -0.05) is 46.3 Å². The number of aromatic nitrogens is 1. The second-order valence-electron chi connectivity index (χ2n) is 7.16. The van der Waals surface area contributed by atoms with Crippen LogP contribution in [0.25, 0.3) is 11.3 Å². The summed E-state index contributed by atoms with van der Waals surface area (Å²) in [5.41, 5.74) is 6.02. The fourth-order valence-corrected chi connectivity index (χ4v) is 4.12. The lowest BCUT2D eigenvalue weighted by Crippen LogP contribution is -2.19. The highest BCUT2D eigenvalue weighted by Gasteiger charge is 2.23. The zero-order valence-electron chi connectivity index (χ0n) is 15.9. The van der Waals surface area contributed by atoms with Crippen molar-refractivity contribution in [1.82, 2.24) is 4.98 Å². The number of anilines is 1. The molecule has 0 spiro atoms. The first-order valence-corrected chi connectivity index (χ1v) is 10.5. The molecule has 5 heteroatoms. The predicted octanol–water partition coefficient (Wildman–Crippen LogP) is 5.44. The molecule has 3 aromatic rings. The van der Waals surface area contributed by atoms with E-state index in [-0.39, 0.29) is 12.3 Å². The molecule has 0 atom stereocenters. The molecule has 2 aromatic carbocycles. The minimum atomic E-state index is -0.175. The molecule has 0 saturated heterocycles. The summed E-state index contributed by atoms with van der Waals surface area (Å²) in [6, 6.07) is 19.8. The molecule has 0 fully saturated rings. The average Bonchev–Trinajstić information content (AvgIpc) is 2.75. The molecule has 4 rings (SSSR count). The van der Waals surface area contributed by atoms with Crippen molar-refractivity contribution in [2.75, 3.05) is 5.32 Å². The fourth-order valence-electron chi connectivity index (χ4n) is 3.86. The molecule has 1 aliphatic rings. The van der Waals surface area contributed by atoms with E-state index in [4.69, 9.17) is 4.98 Å². The van der Waals surface area contributed by atoms with Crippen molar-refractivity contribution in [2.24, 2.45) is 0 Å². The van der Waals surface area contributed by atoms with E-state index in [0.717, 1.165) is 58.2 Å². The van der Waals surface area contributed by atoms with Gasteiger partial charge in [-0.3, -0.25) is 9.78 Å². The average molecular weight is 446 g/mol. The molecule has 4 nitrogen and oxygen atoms in total. The summed E-state index contributed by atoms with van der Waals surface area (Å²) in [5.74, 6) is -0.175. The Morgan fingerprint density at radius 3 is 2.41 bits per heavy atom. The van der Waals surface area contributed by atoms with Crippen LogP contribution in [0.15, 0.2) is 59.1 Å². The highest BCUT2D eigenvalue weighted by atomic mass is 79.9. The van der Waals surface area contributed by atoms with Gasteiger partial charge in [0.25, 0.3) is 0 Å². The van der Waals surface area contributed by atoms with Crippen molar-refractivity contribution in [3.63, 3.8) is 0 Å². The summed E-state index contributed by atoms with van der Waals surface area (Å²) in [4.78, 5) is 17.5.